The summed E-state index contributed by atoms with van der Waals surface area (Å²) < 4.78 is 4.09. The normalized spacial score (nSPS) is 10.7. The van der Waals surface area contributed by atoms with Gasteiger partial charge >= 0.3 is 0 Å². The summed E-state index contributed by atoms with van der Waals surface area (Å²) in [5.74, 6) is 0.804. The first kappa shape index (κ1) is 9.07. The van der Waals surface area contributed by atoms with Crippen molar-refractivity contribution in [2.24, 2.45) is 0 Å². The van der Waals surface area contributed by atoms with Crippen molar-refractivity contribution in [1.82, 2.24) is 30.0 Å². The van der Waals surface area contributed by atoms with Crippen molar-refractivity contribution < 1.29 is 0 Å². The van der Waals surface area contributed by atoms with E-state index in [2.05, 4.69) is 20.6 Å². The molecule has 0 saturated carbocycles. The van der Waals surface area contributed by atoms with Crippen LogP contribution in [0.3, 0.4) is 0 Å². The molecule has 6 nitrogen and oxygen atoms in total. The molecule has 0 aliphatic carbocycles. The molecule has 0 aliphatic heterocycles. The zero-order chi connectivity index (χ0) is 10.1. The zero-order valence-corrected chi connectivity index (χ0v) is 8.75. The molecule has 0 aliphatic rings. The Morgan fingerprint density at radius 2 is 2.36 bits per heavy atom. The van der Waals surface area contributed by atoms with Gasteiger partial charge in [0, 0.05) is 6.54 Å². The summed E-state index contributed by atoms with van der Waals surface area (Å²) in [7, 11) is 0. The van der Waals surface area contributed by atoms with E-state index in [1.807, 2.05) is 13.8 Å². The molecule has 0 radical (unpaired) electrons. The number of hydrogen-bond acceptors (Lipinski definition) is 4. The van der Waals surface area contributed by atoms with Gasteiger partial charge in [-0.1, -0.05) is 17.4 Å². The maximum absolute atomic E-state index is 5.18. The first-order chi connectivity index (χ1) is 6.74. The lowest BCUT2D eigenvalue weighted by molar-refractivity contribution is 0.592. The smallest absolute Gasteiger partial charge is 0.173 e. The third-order valence-electron chi connectivity index (χ3n) is 1.96. The standard InChI is InChI=1S/C7H10N6S/c1-3-12-6(4-8-10-12)13-7(14)5(2)9-11-13/h4,11H,3H2,1-2H3. The lowest BCUT2D eigenvalue weighted by atomic mass is 10.5. The monoisotopic (exact) mass is 210 g/mol. The molecule has 7 heteroatoms. The summed E-state index contributed by atoms with van der Waals surface area (Å²) in [6, 6.07) is 0. The molecule has 1 N–H and O–H groups in total. The van der Waals surface area contributed by atoms with Gasteiger partial charge in [0.2, 0.25) is 0 Å². The quantitative estimate of drug-likeness (QED) is 0.746. The van der Waals surface area contributed by atoms with Crippen molar-refractivity contribution in [2.75, 3.05) is 0 Å². The molecule has 2 heterocycles. The van der Waals surface area contributed by atoms with Gasteiger partial charge in [0.25, 0.3) is 0 Å². The van der Waals surface area contributed by atoms with Gasteiger partial charge in [0.15, 0.2) is 10.5 Å². The van der Waals surface area contributed by atoms with E-state index in [1.54, 1.807) is 15.6 Å². The van der Waals surface area contributed by atoms with Crippen LogP contribution in [0.15, 0.2) is 6.20 Å². The highest BCUT2D eigenvalue weighted by atomic mass is 32.1. The minimum absolute atomic E-state index is 0.655. The van der Waals surface area contributed by atoms with Gasteiger partial charge in [0.1, 0.15) is 0 Å². The van der Waals surface area contributed by atoms with Gasteiger partial charge in [-0.15, -0.1) is 5.10 Å². The van der Waals surface area contributed by atoms with Crippen molar-refractivity contribution in [2.45, 2.75) is 20.4 Å². The minimum Gasteiger partial charge on any atom is -0.228 e. The molecule has 0 aromatic carbocycles. The molecule has 0 atom stereocenters. The van der Waals surface area contributed by atoms with Gasteiger partial charge in [-0.3, -0.25) is 0 Å². The highest BCUT2D eigenvalue weighted by molar-refractivity contribution is 7.71. The average Bonchev–Trinajstić information content (AvgIpc) is 2.75. The van der Waals surface area contributed by atoms with Crippen LogP contribution in [0.25, 0.3) is 5.82 Å². The Bertz CT molecular complexity index is 492. The lowest BCUT2D eigenvalue weighted by Gasteiger charge is -2.01. The van der Waals surface area contributed by atoms with Crippen LogP contribution in [-0.4, -0.2) is 30.0 Å². The Hall–Kier alpha value is -1.50. The Labute approximate surface area is 85.5 Å². The number of aromatic amines is 1. The fourth-order valence-corrected chi connectivity index (χ4v) is 1.37. The summed E-state index contributed by atoms with van der Waals surface area (Å²) in [4.78, 5) is 0. The van der Waals surface area contributed by atoms with Crippen LogP contribution in [0.1, 0.15) is 12.6 Å². The predicted octanol–water partition coefficient (Wildman–Crippen LogP) is 0.850. The van der Waals surface area contributed by atoms with Crippen molar-refractivity contribution in [1.29, 1.82) is 0 Å². The van der Waals surface area contributed by atoms with E-state index in [0.717, 1.165) is 18.1 Å². The van der Waals surface area contributed by atoms with E-state index in [4.69, 9.17) is 12.2 Å². The maximum atomic E-state index is 5.18. The summed E-state index contributed by atoms with van der Waals surface area (Å²) in [5.41, 5.74) is 0.795. The Balaban J connectivity index is 2.60. The second-order valence-corrected chi connectivity index (χ2v) is 3.23. The SMILES string of the molecule is CCn1nncc1-n1[nH]nc(C)c1=S. The molecular formula is C7H10N6S. The molecule has 0 unspecified atom stereocenters. The van der Waals surface area contributed by atoms with Gasteiger partial charge in [-0.2, -0.15) is 5.10 Å². The van der Waals surface area contributed by atoms with Crippen LogP contribution in [0.4, 0.5) is 0 Å². The first-order valence-corrected chi connectivity index (χ1v) is 4.67. The van der Waals surface area contributed by atoms with E-state index in [0.29, 0.717) is 4.64 Å². The maximum Gasteiger partial charge on any atom is 0.173 e. The second-order valence-electron chi connectivity index (χ2n) is 2.85. The van der Waals surface area contributed by atoms with Gasteiger partial charge in [-0.25, -0.2) is 14.6 Å². The van der Waals surface area contributed by atoms with E-state index in [9.17, 15) is 0 Å². The first-order valence-electron chi connectivity index (χ1n) is 4.27. The number of aromatic nitrogens is 6. The lowest BCUT2D eigenvalue weighted by Crippen LogP contribution is -2.07. The Morgan fingerprint density at radius 1 is 1.57 bits per heavy atom. The molecule has 2 aromatic heterocycles. The molecule has 0 bridgehead atoms. The third kappa shape index (κ3) is 1.25. The van der Waals surface area contributed by atoms with Gasteiger partial charge in [-0.05, 0) is 13.8 Å². The van der Waals surface area contributed by atoms with Crippen molar-refractivity contribution in [3.63, 3.8) is 0 Å². The molecule has 2 aromatic rings. The largest absolute Gasteiger partial charge is 0.228 e. The fraction of sp³-hybridized carbons (Fsp3) is 0.429. The number of rotatable bonds is 2. The molecule has 0 spiro atoms. The van der Waals surface area contributed by atoms with Crippen molar-refractivity contribution in [3.8, 4) is 5.82 Å². The number of aryl methyl sites for hydroxylation is 2. The average molecular weight is 210 g/mol. The minimum atomic E-state index is 0.655. The number of H-pyrrole nitrogens is 1. The second kappa shape index (κ2) is 3.33. The number of nitrogens with zero attached hydrogens (tertiary/aromatic N) is 5. The third-order valence-corrected chi connectivity index (χ3v) is 2.43. The molecule has 0 saturated heterocycles. The van der Waals surface area contributed by atoms with Crippen LogP contribution in [-0.2, 0) is 6.54 Å². The molecule has 2 rings (SSSR count). The van der Waals surface area contributed by atoms with Gasteiger partial charge in [0.05, 0.1) is 11.9 Å². The van der Waals surface area contributed by atoms with Crippen LogP contribution in [0, 0.1) is 11.6 Å². The van der Waals surface area contributed by atoms with Gasteiger partial charge < -0.3 is 0 Å². The van der Waals surface area contributed by atoms with Crippen LogP contribution < -0.4 is 0 Å². The molecular weight excluding hydrogens is 200 g/mol. The number of hydrogen-bond donors (Lipinski definition) is 1. The van der Waals surface area contributed by atoms with Crippen LogP contribution >= 0.6 is 12.2 Å². The van der Waals surface area contributed by atoms with Crippen LogP contribution in [0.2, 0.25) is 0 Å². The van der Waals surface area contributed by atoms with E-state index in [-0.39, 0.29) is 0 Å². The summed E-state index contributed by atoms with van der Waals surface area (Å²) >= 11 is 5.18. The Morgan fingerprint density at radius 3 is 2.93 bits per heavy atom. The molecule has 14 heavy (non-hydrogen) atoms. The fourth-order valence-electron chi connectivity index (χ4n) is 1.19. The topological polar surface area (TPSA) is 64.3 Å². The zero-order valence-electron chi connectivity index (χ0n) is 7.93. The summed E-state index contributed by atoms with van der Waals surface area (Å²) in [6.45, 7) is 4.59. The predicted molar refractivity (Wildman–Crippen MR) is 52.7 cm³/mol. The molecule has 0 fully saturated rings. The van der Waals surface area contributed by atoms with E-state index >= 15 is 0 Å². The summed E-state index contributed by atoms with van der Waals surface area (Å²) in [6.07, 6.45) is 1.65. The molecule has 74 valence electrons. The van der Waals surface area contributed by atoms with Crippen molar-refractivity contribution >= 4 is 12.2 Å². The highest BCUT2D eigenvalue weighted by Crippen LogP contribution is 2.06. The highest BCUT2D eigenvalue weighted by Gasteiger charge is 2.07. The van der Waals surface area contributed by atoms with Crippen molar-refractivity contribution in [3.05, 3.63) is 16.5 Å². The van der Waals surface area contributed by atoms with Crippen LogP contribution in [0.5, 0.6) is 0 Å². The Kier molecular flexibility index (Phi) is 2.16. The molecule has 0 amide bonds. The van der Waals surface area contributed by atoms with E-state index < -0.39 is 0 Å². The van der Waals surface area contributed by atoms with E-state index in [1.165, 1.54) is 0 Å². The number of nitrogens with one attached hydrogen (secondary N) is 1. The summed E-state index contributed by atoms with van der Waals surface area (Å²) in [5, 5.41) is 14.6.